The molecule has 0 spiro atoms. The number of methoxy groups -OCH3 is 1. The highest BCUT2D eigenvalue weighted by molar-refractivity contribution is 9.10. The number of benzene rings is 1. The van der Waals surface area contributed by atoms with E-state index >= 15 is 0 Å². The Labute approximate surface area is 131 Å². The lowest BCUT2D eigenvalue weighted by Gasteiger charge is -2.21. The predicted molar refractivity (Wildman–Crippen MR) is 79.9 cm³/mol. The van der Waals surface area contributed by atoms with Crippen molar-refractivity contribution in [3.63, 3.8) is 0 Å². The predicted octanol–water partition coefficient (Wildman–Crippen LogP) is 1.83. The second kappa shape index (κ2) is 6.91. The maximum absolute atomic E-state index is 12.2. The van der Waals surface area contributed by atoms with E-state index in [1.807, 2.05) is 24.3 Å². The Morgan fingerprint density at radius 1 is 1.52 bits per heavy atom. The molecule has 6 nitrogen and oxygen atoms in total. The van der Waals surface area contributed by atoms with Gasteiger partial charge in [0.1, 0.15) is 6.04 Å². The third kappa shape index (κ3) is 3.95. The van der Waals surface area contributed by atoms with Gasteiger partial charge in [0, 0.05) is 31.1 Å². The van der Waals surface area contributed by atoms with Gasteiger partial charge >= 0.3 is 12.0 Å². The van der Waals surface area contributed by atoms with E-state index in [9.17, 15) is 14.7 Å². The summed E-state index contributed by atoms with van der Waals surface area (Å²) in [6.45, 7) is 0.635. The van der Waals surface area contributed by atoms with Crippen molar-refractivity contribution in [2.45, 2.75) is 25.1 Å². The topological polar surface area (TPSA) is 78.9 Å². The molecule has 21 heavy (non-hydrogen) atoms. The number of carbonyl (C=O) groups is 2. The van der Waals surface area contributed by atoms with Gasteiger partial charge in [-0.15, -0.1) is 0 Å². The van der Waals surface area contributed by atoms with Crippen LogP contribution < -0.4 is 5.32 Å². The van der Waals surface area contributed by atoms with Gasteiger partial charge in [-0.3, -0.25) is 0 Å². The molecule has 2 amide bonds. The van der Waals surface area contributed by atoms with Crippen LogP contribution in [-0.4, -0.2) is 47.8 Å². The van der Waals surface area contributed by atoms with Crippen molar-refractivity contribution in [3.05, 3.63) is 34.3 Å². The number of amides is 2. The Balaban J connectivity index is 1.97. The van der Waals surface area contributed by atoms with E-state index in [-0.39, 0.29) is 18.7 Å². The fraction of sp³-hybridized carbons (Fsp3) is 0.429. The molecule has 7 heteroatoms. The summed E-state index contributed by atoms with van der Waals surface area (Å²) in [6.07, 6.45) is 0.0820. The molecular weight excluding hydrogens is 340 g/mol. The fourth-order valence-electron chi connectivity index (χ4n) is 2.35. The highest BCUT2D eigenvalue weighted by Crippen LogP contribution is 2.20. The first-order chi connectivity index (χ1) is 10.0. The van der Waals surface area contributed by atoms with Crippen LogP contribution in [0.15, 0.2) is 28.7 Å². The van der Waals surface area contributed by atoms with Crippen molar-refractivity contribution < 1.29 is 19.4 Å². The maximum atomic E-state index is 12.2. The lowest BCUT2D eigenvalue weighted by molar-refractivity contribution is -0.141. The van der Waals surface area contributed by atoms with Gasteiger partial charge in [-0.25, -0.2) is 9.59 Å². The van der Waals surface area contributed by atoms with Crippen LogP contribution in [0.5, 0.6) is 0 Å². The number of ether oxygens (including phenoxy) is 1. The molecule has 1 fully saturated rings. The largest absolute Gasteiger partial charge is 0.480 e. The van der Waals surface area contributed by atoms with Crippen LogP contribution in [0, 0.1) is 0 Å². The molecular formula is C14H17BrN2O4. The van der Waals surface area contributed by atoms with Crippen LogP contribution in [0.25, 0.3) is 0 Å². The number of hydrogen-bond donors (Lipinski definition) is 2. The molecule has 0 bridgehead atoms. The molecule has 1 aromatic carbocycles. The zero-order chi connectivity index (χ0) is 15.4. The molecule has 0 aliphatic carbocycles. The van der Waals surface area contributed by atoms with Crippen molar-refractivity contribution >= 4 is 27.9 Å². The number of nitrogens with one attached hydrogen (secondary N) is 1. The minimum Gasteiger partial charge on any atom is -0.480 e. The van der Waals surface area contributed by atoms with Crippen LogP contribution in [0.2, 0.25) is 0 Å². The zero-order valence-corrected chi connectivity index (χ0v) is 13.2. The van der Waals surface area contributed by atoms with Gasteiger partial charge in [-0.05, 0) is 17.7 Å². The van der Waals surface area contributed by atoms with Crippen LogP contribution in [0.4, 0.5) is 4.79 Å². The SMILES string of the molecule is COC1CC(C(=O)O)N(C(=O)NCc2cccc(Br)c2)C1. The molecule has 1 saturated heterocycles. The fourth-order valence-corrected chi connectivity index (χ4v) is 2.80. The lowest BCUT2D eigenvalue weighted by Crippen LogP contribution is -2.46. The molecule has 114 valence electrons. The number of likely N-dealkylation sites (tertiary alicyclic amines) is 1. The van der Waals surface area contributed by atoms with E-state index in [4.69, 9.17) is 4.74 Å². The van der Waals surface area contributed by atoms with Crippen LogP contribution in [0.3, 0.4) is 0 Å². The van der Waals surface area contributed by atoms with Crippen molar-refractivity contribution in [3.8, 4) is 0 Å². The van der Waals surface area contributed by atoms with Gasteiger partial charge in [0.05, 0.1) is 6.10 Å². The van der Waals surface area contributed by atoms with E-state index in [2.05, 4.69) is 21.2 Å². The summed E-state index contributed by atoms with van der Waals surface area (Å²) in [5.41, 5.74) is 0.937. The standard InChI is InChI=1S/C14H17BrN2O4/c1-21-11-6-12(13(18)19)17(8-11)14(20)16-7-9-3-2-4-10(15)5-9/h2-5,11-12H,6-8H2,1H3,(H,16,20)(H,18,19). The van der Waals surface area contributed by atoms with E-state index in [0.717, 1.165) is 10.0 Å². The lowest BCUT2D eigenvalue weighted by atomic mass is 10.2. The molecule has 1 aliphatic heterocycles. The Hall–Kier alpha value is -1.60. The first-order valence-electron chi connectivity index (χ1n) is 6.55. The molecule has 2 unspecified atom stereocenters. The van der Waals surface area contributed by atoms with Gasteiger partial charge in [-0.2, -0.15) is 0 Å². The second-order valence-electron chi connectivity index (χ2n) is 4.89. The monoisotopic (exact) mass is 356 g/mol. The molecule has 1 heterocycles. The van der Waals surface area contributed by atoms with Gasteiger partial charge in [0.25, 0.3) is 0 Å². The molecule has 1 aromatic rings. The van der Waals surface area contributed by atoms with Crippen molar-refractivity contribution in [2.24, 2.45) is 0 Å². The van der Waals surface area contributed by atoms with E-state index in [1.54, 1.807) is 0 Å². The number of carboxylic acid groups (broad SMARTS) is 1. The van der Waals surface area contributed by atoms with Crippen LogP contribution in [-0.2, 0) is 16.1 Å². The minimum absolute atomic E-state index is 0.234. The van der Waals surface area contributed by atoms with Gasteiger partial charge < -0.3 is 20.1 Å². The van der Waals surface area contributed by atoms with E-state index < -0.39 is 12.0 Å². The summed E-state index contributed by atoms with van der Waals surface area (Å²) in [7, 11) is 1.52. The maximum Gasteiger partial charge on any atom is 0.326 e. The zero-order valence-electron chi connectivity index (χ0n) is 11.6. The third-order valence-corrected chi connectivity index (χ3v) is 3.97. The third-order valence-electron chi connectivity index (χ3n) is 3.47. The van der Waals surface area contributed by atoms with E-state index in [1.165, 1.54) is 12.0 Å². The summed E-state index contributed by atoms with van der Waals surface area (Å²) >= 11 is 3.36. The van der Waals surface area contributed by atoms with E-state index in [0.29, 0.717) is 13.0 Å². The van der Waals surface area contributed by atoms with Crippen molar-refractivity contribution in [1.82, 2.24) is 10.2 Å². The number of aliphatic carboxylic acids is 1. The number of carboxylic acids is 1. The number of urea groups is 1. The number of hydrogen-bond acceptors (Lipinski definition) is 3. The molecule has 2 rings (SSSR count). The van der Waals surface area contributed by atoms with Crippen molar-refractivity contribution in [1.29, 1.82) is 0 Å². The van der Waals surface area contributed by atoms with Gasteiger partial charge in [0.2, 0.25) is 0 Å². The smallest absolute Gasteiger partial charge is 0.326 e. The number of carbonyl (C=O) groups excluding carboxylic acids is 1. The summed E-state index contributed by atoms with van der Waals surface area (Å²) in [5.74, 6) is -1.01. The Morgan fingerprint density at radius 3 is 2.90 bits per heavy atom. The minimum atomic E-state index is -1.01. The summed E-state index contributed by atoms with van der Waals surface area (Å²) in [5, 5.41) is 11.9. The van der Waals surface area contributed by atoms with Crippen LogP contribution in [0.1, 0.15) is 12.0 Å². The summed E-state index contributed by atoms with van der Waals surface area (Å²) in [4.78, 5) is 24.7. The second-order valence-corrected chi connectivity index (χ2v) is 5.80. The highest BCUT2D eigenvalue weighted by Gasteiger charge is 2.39. The first kappa shape index (κ1) is 15.8. The number of halogens is 1. The Bertz CT molecular complexity index is 537. The Kier molecular flexibility index (Phi) is 5.19. The molecule has 2 N–H and O–H groups in total. The molecule has 2 atom stereocenters. The molecule has 1 aliphatic rings. The average molecular weight is 357 g/mol. The Morgan fingerprint density at radius 2 is 2.29 bits per heavy atom. The van der Waals surface area contributed by atoms with Gasteiger partial charge in [-0.1, -0.05) is 28.1 Å². The van der Waals surface area contributed by atoms with Crippen molar-refractivity contribution in [2.75, 3.05) is 13.7 Å². The summed E-state index contributed by atoms with van der Waals surface area (Å²) in [6, 6.07) is 6.34. The van der Waals surface area contributed by atoms with Crippen LogP contribution >= 0.6 is 15.9 Å². The average Bonchev–Trinajstić information content (AvgIpc) is 2.89. The number of rotatable bonds is 4. The summed E-state index contributed by atoms with van der Waals surface area (Å²) < 4.78 is 6.09. The normalized spacial score (nSPS) is 21.3. The molecule has 0 aromatic heterocycles. The quantitative estimate of drug-likeness (QED) is 0.862. The number of nitrogens with zero attached hydrogens (tertiary/aromatic N) is 1. The first-order valence-corrected chi connectivity index (χ1v) is 7.35. The van der Waals surface area contributed by atoms with Gasteiger partial charge in [0.15, 0.2) is 0 Å². The molecule has 0 radical (unpaired) electrons. The highest BCUT2D eigenvalue weighted by atomic mass is 79.9. The molecule has 0 saturated carbocycles.